The number of nitrogens with zero attached hydrogens (tertiary/aromatic N) is 1. The van der Waals surface area contributed by atoms with Crippen LogP contribution in [-0.2, 0) is 22.6 Å². The van der Waals surface area contributed by atoms with Gasteiger partial charge in [0.2, 0.25) is 11.8 Å². The van der Waals surface area contributed by atoms with Crippen molar-refractivity contribution in [1.29, 1.82) is 0 Å². The molecule has 0 bridgehead atoms. The Morgan fingerprint density at radius 1 is 1.00 bits per heavy atom. The lowest BCUT2D eigenvalue weighted by Gasteiger charge is -2.32. The van der Waals surface area contributed by atoms with Gasteiger partial charge in [-0.25, -0.2) is 0 Å². The summed E-state index contributed by atoms with van der Waals surface area (Å²) in [7, 11) is 1.62. The van der Waals surface area contributed by atoms with E-state index in [0.29, 0.717) is 19.5 Å². The molecule has 5 nitrogen and oxygen atoms in total. The quantitative estimate of drug-likeness (QED) is 0.723. The van der Waals surface area contributed by atoms with Gasteiger partial charge in [0.15, 0.2) is 0 Å². The SMILES string of the molecule is CCNC(=O)[C@H](Cc1ccccc1)N(Cc1ccc(OC)cc1)C(=O)C(C)C. The Balaban J connectivity index is 2.35. The molecular weight excluding hydrogens is 352 g/mol. The first kappa shape index (κ1) is 21.5. The van der Waals surface area contributed by atoms with E-state index in [2.05, 4.69) is 5.32 Å². The summed E-state index contributed by atoms with van der Waals surface area (Å²) in [5, 5.41) is 2.89. The summed E-state index contributed by atoms with van der Waals surface area (Å²) in [6.07, 6.45) is 0.474. The number of nitrogens with one attached hydrogen (secondary N) is 1. The maximum absolute atomic E-state index is 13.0. The average molecular weight is 383 g/mol. The number of carbonyl (C=O) groups excluding carboxylic acids is 2. The maximum Gasteiger partial charge on any atom is 0.243 e. The predicted octanol–water partition coefficient (Wildman–Crippen LogP) is 3.43. The van der Waals surface area contributed by atoms with Crippen molar-refractivity contribution in [3.63, 3.8) is 0 Å². The van der Waals surface area contributed by atoms with E-state index < -0.39 is 6.04 Å². The smallest absolute Gasteiger partial charge is 0.243 e. The summed E-state index contributed by atoms with van der Waals surface area (Å²) in [5.74, 6) is 0.387. The highest BCUT2D eigenvalue weighted by Crippen LogP contribution is 2.19. The number of carbonyl (C=O) groups is 2. The van der Waals surface area contributed by atoms with Gasteiger partial charge in [-0.2, -0.15) is 0 Å². The molecule has 0 aromatic heterocycles. The first-order valence-corrected chi connectivity index (χ1v) is 9.71. The normalized spacial score (nSPS) is 11.8. The van der Waals surface area contributed by atoms with Gasteiger partial charge in [-0.05, 0) is 30.2 Å². The second kappa shape index (κ2) is 10.5. The first-order valence-electron chi connectivity index (χ1n) is 9.71. The van der Waals surface area contributed by atoms with Gasteiger partial charge in [-0.1, -0.05) is 56.3 Å². The van der Waals surface area contributed by atoms with Crippen molar-refractivity contribution in [3.8, 4) is 5.75 Å². The zero-order chi connectivity index (χ0) is 20.5. The van der Waals surface area contributed by atoms with E-state index in [0.717, 1.165) is 16.9 Å². The van der Waals surface area contributed by atoms with Gasteiger partial charge < -0.3 is 15.0 Å². The molecular formula is C23H30N2O3. The zero-order valence-corrected chi connectivity index (χ0v) is 17.1. The molecule has 2 aromatic carbocycles. The molecule has 5 heteroatoms. The Morgan fingerprint density at radius 3 is 2.18 bits per heavy atom. The molecule has 150 valence electrons. The fraction of sp³-hybridized carbons (Fsp3) is 0.391. The van der Waals surface area contributed by atoms with Crippen molar-refractivity contribution >= 4 is 11.8 Å². The Hall–Kier alpha value is -2.82. The van der Waals surface area contributed by atoms with Crippen LogP contribution in [0.4, 0.5) is 0 Å². The molecule has 2 rings (SSSR count). The van der Waals surface area contributed by atoms with Crippen LogP contribution in [0.1, 0.15) is 31.9 Å². The number of rotatable bonds is 9. The van der Waals surface area contributed by atoms with Crippen molar-refractivity contribution in [3.05, 3.63) is 65.7 Å². The number of hydrogen-bond acceptors (Lipinski definition) is 3. The first-order chi connectivity index (χ1) is 13.5. The van der Waals surface area contributed by atoms with E-state index >= 15 is 0 Å². The monoisotopic (exact) mass is 382 g/mol. The number of benzene rings is 2. The molecule has 1 N–H and O–H groups in total. The highest BCUT2D eigenvalue weighted by atomic mass is 16.5. The number of ether oxygens (including phenoxy) is 1. The van der Waals surface area contributed by atoms with Crippen LogP contribution in [0.15, 0.2) is 54.6 Å². The molecule has 0 aliphatic heterocycles. The van der Waals surface area contributed by atoms with Gasteiger partial charge in [-0.3, -0.25) is 9.59 Å². The zero-order valence-electron chi connectivity index (χ0n) is 17.1. The van der Waals surface area contributed by atoms with Crippen molar-refractivity contribution in [1.82, 2.24) is 10.2 Å². The highest BCUT2D eigenvalue weighted by Gasteiger charge is 2.31. The maximum atomic E-state index is 13.0. The van der Waals surface area contributed by atoms with Gasteiger partial charge in [0.05, 0.1) is 7.11 Å². The summed E-state index contributed by atoms with van der Waals surface area (Å²) in [5.41, 5.74) is 1.98. The van der Waals surface area contributed by atoms with Gasteiger partial charge in [0.1, 0.15) is 11.8 Å². The number of likely N-dealkylation sites (N-methyl/N-ethyl adjacent to an activating group) is 1. The van der Waals surface area contributed by atoms with Gasteiger partial charge in [0.25, 0.3) is 0 Å². The minimum absolute atomic E-state index is 0.0389. The lowest BCUT2D eigenvalue weighted by atomic mass is 10.0. The minimum Gasteiger partial charge on any atom is -0.497 e. The van der Waals surface area contributed by atoms with Crippen molar-refractivity contribution in [2.24, 2.45) is 5.92 Å². The number of methoxy groups -OCH3 is 1. The Kier molecular flexibility index (Phi) is 8.05. The average Bonchev–Trinajstić information content (AvgIpc) is 2.71. The summed E-state index contributed by atoms with van der Waals surface area (Å²) >= 11 is 0. The molecule has 0 aliphatic carbocycles. The van der Waals surface area contributed by atoms with E-state index in [1.165, 1.54) is 0 Å². The molecule has 0 fully saturated rings. The van der Waals surface area contributed by atoms with E-state index in [1.54, 1.807) is 12.0 Å². The molecule has 0 saturated heterocycles. The summed E-state index contributed by atoms with van der Waals surface area (Å²) in [4.78, 5) is 27.6. The summed E-state index contributed by atoms with van der Waals surface area (Å²) < 4.78 is 5.21. The molecule has 2 aromatic rings. The van der Waals surface area contributed by atoms with E-state index in [9.17, 15) is 9.59 Å². The molecule has 0 unspecified atom stereocenters. The van der Waals surface area contributed by atoms with Crippen LogP contribution in [0.5, 0.6) is 5.75 Å². The third-order valence-corrected chi connectivity index (χ3v) is 4.59. The molecule has 0 spiro atoms. The highest BCUT2D eigenvalue weighted by molar-refractivity contribution is 5.88. The van der Waals surface area contributed by atoms with Gasteiger partial charge >= 0.3 is 0 Å². The molecule has 0 heterocycles. The van der Waals surface area contributed by atoms with E-state index in [1.807, 2.05) is 75.4 Å². The topological polar surface area (TPSA) is 58.6 Å². The lowest BCUT2D eigenvalue weighted by molar-refractivity contribution is -0.143. The van der Waals surface area contributed by atoms with Crippen LogP contribution in [0.2, 0.25) is 0 Å². The Bertz CT molecular complexity index is 757. The lowest BCUT2D eigenvalue weighted by Crippen LogP contribution is -2.51. The van der Waals surface area contributed by atoms with E-state index in [4.69, 9.17) is 4.74 Å². The Labute approximate surface area is 167 Å². The fourth-order valence-electron chi connectivity index (χ4n) is 3.07. The number of amides is 2. The van der Waals surface area contributed by atoms with Gasteiger partial charge in [0, 0.05) is 25.4 Å². The second-order valence-electron chi connectivity index (χ2n) is 7.07. The molecule has 0 saturated carbocycles. The van der Waals surface area contributed by atoms with Crippen LogP contribution in [0.25, 0.3) is 0 Å². The fourth-order valence-corrected chi connectivity index (χ4v) is 3.07. The van der Waals surface area contributed by atoms with E-state index in [-0.39, 0.29) is 17.7 Å². The predicted molar refractivity (Wildman–Crippen MR) is 111 cm³/mol. The van der Waals surface area contributed by atoms with Crippen LogP contribution in [-0.4, -0.2) is 36.4 Å². The minimum atomic E-state index is -0.570. The van der Waals surface area contributed by atoms with Crippen molar-refractivity contribution in [2.75, 3.05) is 13.7 Å². The second-order valence-corrected chi connectivity index (χ2v) is 7.07. The van der Waals surface area contributed by atoms with Crippen molar-refractivity contribution in [2.45, 2.75) is 39.8 Å². The third-order valence-electron chi connectivity index (χ3n) is 4.59. The Morgan fingerprint density at radius 2 is 1.64 bits per heavy atom. The molecule has 1 atom stereocenters. The largest absolute Gasteiger partial charge is 0.497 e. The van der Waals surface area contributed by atoms with Crippen LogP contribution in [0.3, 0.4) is 0 Å². The third kappa shape index (κ3) is 5.84. The molecule has 2 amide bonds. The van der Waals surface area contributed by atoms with Crippen molar-refractivity contribution < 1.29 is 14.3 Å². The standard InChI is InChI=1S/C23H30N2O3/c1-5-24-22(26)21(15-18-9-7-6-8-10-18)25(23(27)17(2)3)16-19-11-13-20(28-4)14-12-19/h6-14,17,21H,5,15-16H2,1-4H3,(H,24,26)/t21-/m0/s1. The summed E-state index contributed by atoms with van der Waals surface area (Å²) in [6, 6.07) is 16.8. The molecule has 0 aliphatic rings. The van der Waals surface area contributed by atoms with Crippen LogP contribution in [0, 0.1) is 5.92 Å². The molecule has 0 radical (unpaired) electrons. The summed E-state index contributed by atoms with van der Waals surface area (Å²) in [6.45, 7) is 6.50. The van der Waals surface area contributed by atoms with Crippen LogP contribution < -0.4 is 10.1 Å². The van der Waals surface area contributed by atoms with Gasteiger partial charge in [-0.15, -0.1) is 0 Å². The number of hydrogen-bond donors (Lipinski definition) is 1. The molecule has 28 heavy (non-hydrogen) atoms. The van der Waals surface area contributed by atoms with Crippen LogP contribution >= 0.6 is 0 Å².